The Balaban J connectivity index is 1.35. The van der Waals surface area contributed by atoms with E-state index in [1.165, 1.54) is 12.1 Å². The number of anilines is 2. The Morgan fingerprint density at radius 1 is 1.03 bits per heavy atom. The van der Waals surface area contributed by atoms with Crippen molar-refractivity contribution in [2.45, 2.75) is 44.3 Å². The van der Waals surface area contributed by atoms with Gasteiger partial charge in [0.2, 0.25) is 5.95 Å². The molecule has 0 saturated heterocycles. The van der Waals surface area contributed by atoms with Gasteiger partial charge >= 0.3 is 0 Å². The summed E-state index contributed by atoms with van der Waals surface area (Å²) in [4.78, 5) is 11.5. The van der Waals surface area contributed by atoms with Crippen LogP contribution in [0.15, 0.2) is 42.5 Å². The van der Waals surface area contributed by atoms with E-state index in [-0.39, 0.29) is 5.82 Å². The minimum absolute atomic E-state index is 0.253. The van der Waals surface area contributed by atoms with Crippen molar-refractivity contribution >= 4 is 34.3 Å². The normalized spacial score (nSPS) is 19.1. The van der Waals surface area contributed by atoms with Gasteiger partial charge in [0, 0.05) is 43.1 Å². The van der Waals surface area contributed by atoms with Crippen molar-refractivity contribution in [3.63, 3.8) is 0 Å². The molecule has 158 valence electrons. The summed E-state index contributed by atoms with van der Waals surface area (Å²) in [6.45, 7) is 0.583. The van der Waals surface area contributed by atoms with Crippen LogP contribution in [0.5, 0.6) is 0 Å². The van der Waals surface area contributed by atoms with Crippen molar-refractivity contribution in [3.05, 3.63) is 58.9 Å². The van der Waals surface area contributed by atoms with Gasteiger partial charge in [0.25, 0.3) is 0 Å². The van der Waals surface area contributed by atoms with E-state index in [0.29, 0.717) is 29.6 Å². The van der Waals surface area contributed by atoms with E-state index in [2.05, 4.69) is 16.7 Å². The number of hydrogen-bond acceptors (Lipinski definition) is 5. The Bertz CT molecular complexity index is 1020. The van der Waals surface area contributed by atoms with Gasteiger partial charge in [-0.2, -0.15) is 4.98 Å². The standard InChI is InChI=1S/C23H27ClFN5/c1-30(2)22-19-5-3-4-6-21(19)28-23(29-22)27-18-10-8-17(9-11-18)26-14-15-13-16(25)7-12-20(15)24/h3-7,12-13,17-18,26H,8-11,14H2,1-2H3,(H,27,28,29)/t17-,18+. The third-order valence-electron chi connectivity index (χ3n) is 5.66. The molecule has 1 heterocycles. The number of benzene rings is 2. The Morgan fingerprint density at radius 2 is 1.77 bits per heavy atom. The van der Waals surface area contributed by atoms with Crippen LogP contribution in [-0.2, 0) is 6.54 Å². The molecule has 1 aliphatic carbocycles. The van der Waals surface area contributed by atoms with Crippen LogP contribution < -0.4 is 15.5 Å². The molecule has 2 aromatic carbocycles. The number of aromatic nitrogens is 2. The van der Waals surface area contributed by atoms with Crippen LogP contribution in [0.2, 0.25) is 5.02 Å². The van der Waals surface area contributed by atoms with Gasteiger partial charge in [0.1, 0.15) is 11.6 Å². The molecule has 2 N–H and O–H groups in total. The fraction of sp³-hybridized carbons (Fsp3) is 0.391. The smallest absolute Gasteiger partial charge is 0.225 e. The van der Waals surface area contributed by atoms with Gasteiger partial charge in [-0.15, -0.1) is 0 Å². The van der Waals surface area contributed by atoms with Crippen molar-refractivity contribution in [1.29, 1.82) is 0 Å². The topological polar surface area (TPSA) is 53.1 Å². The lowest BCUT2D eigenvalue weighted by Crippen LogP contribution is -2.37. The van der Waals surface area contributed by atoms with Crippen molar-refractivity contribution in [2.24, 2.45) is 0 Å². The van der Waals surface area contributed by atoms with Crippen LogP contribution in [0, 0.1) is 5.82 Å². The maximum Gasteiger partial charge on any atom is 0.225 e. The Hall–Kier alpha value is -2.44. The van der Waals surface area contributed by atoms with Gasteiger partial charge in [0.05, 0.1) is 5.52 Å². The molecule has 0 spiro atoms. The monoisotopic (exact) mass is 427 g/mol. The number of rotatable bonds is 6. The summed E-state index contributed by atoms with van der Waals surface area (Å²) < 4.78 is 13.4. The van der Waals surface area contributed by atoms with E-state index in [1.54, 1.807) is 6.07 Å². The summed E-state index contributed by atoms with van der Waals surface area (Å²) in [6.07, 6.45) is 4.14. The highest BCUT2D eigenvalue weighted by Crippen LogP contribution is 2.26. The quantitative estimate of drug-likeness (QED) is 0.579. The van der Waals surface area contributed by atoms with Crippen LogP contribution >= 0.6 is 11.6 Å². The SMILES string of the molecule is CN(C)c1nc(N[C@H]2CC[C@@H](NCc3cc(F)ccc3Cl)CC2)nc2ccccc12. The average molecular weight is 428 g/mol. The van der Waals surface area contributed by atoms with Gasteiger partial charge in [-0.05, 0) is 61.6 Å². The Morgan fingerprint density at radius 3 is 2.53 bits per heavy atom. The predicted molar refractivity (Wildman–Crippen MR) is 122 cm³/mol. The molecule has 0 unspecified atom stereocenters. The van der Waals surface area contributed by atoms with Crippen molar-refractivity contribution in [2.75, 3.05) is 24.3 Å². The van der Waals surface area contributed by atoms with Gasteiger partial charge in [0.15, 0.2) is 0 Å². The summed E-state index contributed by atoms with van der Waals surface area (Å²) >= 11 is 6.17. The largest absolute Gasteiger partial charge is 0.362 e. The second kappa shape index (κ2) is 9.14. The second-order valence-corrected chi connectivity index (χ2v) is 8.50. The van der Waals surface area contributed by atoms with Gasteiger partial charge in [-0.25, -0.2) is 9.37 Å². The first-order chi connectivity index (χ1) is 14.5. The Labute approximate surface area is 181 Å². The minimum Gasteiger partial charge on any atom is -0.362 e. The van der Waals surface area contributed by atoms with E-state index in [9.17, 15) is 4.39 Å². The maximum atomic E-state index is 13.4. The molecule has 0 radical (unpaired) electrons. The molecule has 0 bridgehead atoms. The van der Waals surface area contributed by atoms with E-state index < -0.39 is 0 Å². The highest BCUT2D eigenvalue weighted by atomic mass is 35.5. The maximum absolute atomic E-state index is 13.4. The van der Waals surface area contributed by atoms with Crippen LogP contribution in [0.3, 0.4) is 0 Å². The molecule has 1 fully saturated rings. The van der Waals surface area contributed by atoms with E-state index >= 15 is 0 Å². The highest BCUT2D eigenvalue weighted by molar-refractivity contribution is 6.31. The van der Waals surface area contributed by atoms with Crippen LogP contribution in [0.4, 0.5) is 16.2 Å². The molecule has 30 heavy (non-hydrogen) atoms. The number of para-hydroxylation sites is 1. The average Bonchev–Trinajstić information content (AvgIpc) is 2.74. The Kier molecular flexibility index (Phi) is 6.35. The summed E-state index contributed by atoms with van der Waals surface area (Å²) in [7, 11) is 4.00. The van der Waals surface area contributed by atoms with E-state index in [1.807, 2.05) is 37.2 Å². The zero-order valence-corrected chi connectivity index (χ0v) is 18.1. The lowest BCUT2D eigenvalue weighted by molar-refractivity contribution is 0.352. The third-order valence-corrected chi connectivity index (χ3v) is 6.02. The molecule has 3 aromatic rings. The van der Waals surface area contributed by atoms with Gasteiger partial charge in [-0.3, -0.25) is 0 Å². The second-order valence-electron chi connectivity index (χ2n) is 8.09. The molecule has 1 aliphatic rings. The summed E-state index contributed by atoms with van der Waals surface area (Å²) in [5.41, 5.74) is 1.75. The molecule has 5 nitrogen and oxygen atoms in total. The number of nitrogens with one attached hydrogen (secondary N) is 2. The van der Waals surface area contributed by atoms with E-state index in [4.69, 9.17) is 21.6 Å². The molecule has 0 atom stereocenters. The number of fused-ring (bicyclic) bond motifs is 1. The first kappa shape index (κ1) is 20.8. The summed E-state index contributed by atoms with van der Waals surface area (Å²) in [6, 6.07) is 13.3. The lowest BCUT2D eigenvalue weighted by Gasteiger charge is -2.30. The number of hydrogen-bond donors (Lipinski definition) is 2. The summed E-state index contributed by atoms with van der Waals surface area (Å²) in [5, 5.41) is 8.71. The van der Waals surface area contributed by atoms with Gasteiger partial charge < -0.3 is 15.5 Å². The van der Waals surface area contributed by atoms with Gasteiger partial charge in [-0.1, -0.05) is 23.7 Å². The highest BCUT2D eigenvalue weighted by Gasteiger charge is 2.22. The molecule has 0 amide bonds. The molecule has 4 rings (SSSR count). The molecule has 1 saturated carbocycles. The fourth-order valence-corrected chi connectivity index (χ4v) is 4.21. The third kappa shape index (κ3) is 4.82. The molecular weight excluding hydrogens is 401 g/mol. The van der Waals surface area contributed by atoms with Crippen LogP contribution in [0.25, 0.3) is 10.9 Å². The summed E-state index contributed by atoms with van der Waals surface area (Å²) in [5.74, 6) is 1.35. The van der Waals surface area contributed by atoms with Crippen molar-refractivity contribution in [1.82, 2.24) is 15.3 Å². The van der Waals surface area contributed by atoms with Crippen LogP contribution in [-0.4, -0.2) is 36.1 Å². The minimum atomic E-state index is -0.253. The fourth-order valence-electron chi connectivity index (χ4n) is 4.02. The first-order valence-corrected chi connectivity index (χ1v) is 10.8. The number of nitrogens with zero attached hydrogens (tertiary/aromatic N) is 3. The zero-order chi connectivity index (χ0) is 21.1. The van der Waals surface area contributed by atoms with Crippen molar-refractivity contribution in [3.8, 4) is 0 Å². The first-order valence-electron chi connectivity index (χ1n) is 10.4. The zero-order valence-electron chi connectivity index (χ0n) is 17.3. The molecule has 7 heteroatoms. The van der Waals surface area contributed by atoms with Crippen molar-refractivity contribution < 1.29 is 4.39 Å². The van der Waals surface area contributed by atoms with E-state index in [0.717, 1.165) is 48.0 Å². The number of halogens is 2. The predicted octanol–water partition coefficient (Wildman–Crippen LogP) is 5.00. The van der Waals surface area contributed by atoms with Crippen LogP contribution in [0.1, 0.15) is 31.2 Å². The molecule has 0 aliphatic heterocycles. The molecular formula is C23H27ClFN5. The lowest BCUT2D eigenvalue weighted by atomic mass is 9.91. The molecule has 1 aromatic heterocycles.